The average molecular weight is 168 g/mol. The Bertz CT molecular complexity index is 113. The van der Waals surface area contributed by atoms with E-state index in [0.717, 1.165) is 17.8 Å². The highest BCUT2D eigenvalue weighted by atomic mass is 14.3. The van der Waals surface area contributed by atoms with Gasteiger partial charge in [-0.05, 0) is 24.2 Å². The van der Waals surface area contributed by atoms with Crippen LogP contribution in [-0.2, 0) is 0 Å². The maximum Gasteiger partial charge on any atom is -0.0384 e. The Balaban J connectivity index is 2.38. The molecule has 0 N–H and O–H groups in total. The van der Waals surface area contributed by atoms with Crippen LogP contribution in [0.15, 0.2) is 0 Å². The smallest absolute Gasteiger partial charge is 0.0384 e. The maximum absolute atomic E-state index is 2.43. The quantitative estimate of drug-likeness (QED) is 0.591. The largest absolute Gasteiger partial charge is 0.0651 e. The van der Waals surface area contributed by atoms with E-state index in [1.807, 2.05) is 0 Å². The summed E-state index contributed by atoms with van der Waals surface area (Å²) in [7, 11) is 0. The van der Waals surface area contributed by atoms with Gasteiger partial charge in [0.1, 0.15) is 0 Å². The third-order valence-corrected chi connectivity index (χ3v) is 3.69. The molecule has 12 heavy (non-hydrogen) atoms. The highest BCUT2D eigenvalue weighted by Gasteiger charge is 2.23. The molecule has 0 nitrogen and oxygen atoms in total. The Kier molecular flexibility index (Phi) is 4.11. The van der Waals surface area contributed by atoms with Crippen molar-refractivity contribution >= 4 is 0 Å². The van der Waals surface area contributed by atoms with E-state index in [2.05, 4.69) is 20.8 Å². The minimum absolute atomic E-state index is 1.00. The molecule has 1 saturated carbocycles. The standard InChI is InChI=1S/C12H24/c1-4-11(5-2)12-8-6-7-10(3)9-12/h10-12H,4-9H2,1-3H3/t10?,12-/m0/s1. The predicted molar refractivity (Wildman–Crippen MR) is 55.2 cm³/mol. The number of hydrogen-bond donors (Lipinski definition) is 0. The van der Waals surface area contributed by atoms with Crippen molar-refractivity contribution in [3.8, 4) is 0 Å². The van der Waals surface area contributed by atoms with Gasteiger partial charge in [0, 0.05) is 0 Å². The summed E-state index contributed by atoms with van der Waals surface area (Å²) >= 11 is 0. The second-order valence-electron chi connectivity index (χ2n) is 4.61. The van der Waals surface area contributed by atoms with Gasteiger partial charge in [0.15, 0.2) is 0 Å². The lowest BCUT2D eigenvalue weighted by molar-refractivity contribution is 0.195. The lowest BCUT2D eigenvalue weighted by Crippen LogP contribution is -2.20. The van der Waals surface area contributed by atoms with Gasteiger partial charge >= 0.3 is 0 Å². The van der Waals surface area contributed by atoms with Crippen molar-refractivity contribution in [2.45, 2.75) is 59.3 Å². The lowest BCUT2D eigenvalue weighted by Gasteiger charge is -2.32. The molecule has 0 amide bonds. The van der Waals surface area contributed by atoms with Crippen LogP contribution in [0, 0.1) is 17.8 Å². The summed E-state index contributed by atoms with van der Waals surface area (Å²) in [6, 6.07) is 0. The molecule has 0 aliphatic heterocycles. The topological polar surface area (TPSA) is 0 Å². The minimum Gasteiger partial charge on any atom is -0.0651 e. The normalized spacial score (nSPS) is 31.0. The molecule has 0 aromatic heterocycles. The third kappa shape index (κ3) is 2.50. The van der Waals surface area contributed by atoms with Gasteiger partial charge in [-0.2, -0.15) is 0 Å². The first-order valence-electron chi connectivity index (χ1n) is 5.77. The first-order chi connectivity index (χ1) is 5.77. The van der Waals surface area contributed by atoms with Crippen molar-refractivity contribution in [1.82, 2.24) is 0 Å². The van der Waals surface area contributed by atoms with Crippen LogP contribution >= 0.6 is 0 Å². The molecule has 0 saturated heterocycles. The molecule has 0 aromatic carbocycles. The summed E-state index contributed by atoms with van der Waals surface area (Å²) in [5, 5.41) is 0. The van der Waals surface area contributed by atoms with E-state index in [4.69, 9.17) is 0 Å². The highest BCUT2D eigenvalue weighted by molar-refractivity contribution is 4.75. The summed E-state index contributed by atoms with van der Waals surface area (Å²) in [4.78, 5) is 0. The summed E-state index contributed by atoms with van der Waals surface area (Å²) in [5.41, 5.74) is 0. The van der Waals surface area contributed by atoms with Crippen LogP contribution in [0.1, 0.15) is 59.3 Å². The highest BCUT2D eigenvalue weighted by Crippen LogP contribution is 2.36. The molecule has 0 aromatic rings. The molecule has 0 heteroatoms. The Morgan fingerprint density at radius 2 is 1.83 bits per heavy atom. The molecular formula is C12H24. The monoisotopic (exact) mass is 168 g/mol. The van der Waals surface area contributed by atoms with Gasteiger partial charge in [0.25, 0.3) is 0 Å². The van der Waals surface area contributed by atoms with Crippen LogP contribution < -0.4 is 0 Å². The average Bonchev–Trinajstić information content (AvgIpc) is 2.07. The molecule has 1 rings (SSSR count). The Morgan fingerprint density at radius 1 is 1.17 bits per heavy atom. The van der Waals surface area contributed by atoms with E-state index in [-0.39, 0.29) is 0 Å². The van der Waals surface area contributed by atoms with E-state index < -0.39 is 0 Å². The first-order valence-corrected chi connectivity index (χ1v) is 5.77. The van der Waals surface area contributed by atoms with E-state index in [1.54, 1.807) is 0 Å². The van der Waals surface area contributed by atoms with Crippen LogP contribution in [0.3, 0.4) is 0 Å². The molecular weight excluding hydrogens is 144 g/mol. The van der Waals surface area contributed by atoms with Gasteiger partial charge in [-0.3, -0.25) is 0 Å². The second kappa shape index (κ2) is 4.89. The zero-order valence-electron chi connectivity index (χ0n) is 8.97. The molecule has 1 fully saturated rings. The van der Waals surface area contributed by atoms with E-state index >= 15 is 0 Å². The molecule has 1 unspecified atom stereocenters. The molecule has 72 valence electrons. The van der Waals surface area contributed by atoms with Crippen molar-refractivity contribution in [1.29, 1.82) is 0 Å². The van der Waals surface area contributed by atoms with Crippen LogP contribution in [-0.4, -0.2) is 0 Å². The van der Waals surface area contributed by atoms with Gasteiger partial charge < -0.3 is 0 Å². The molecule has 1 aliphatic carbocycles. The molecule has 1 aliphatic rings. The fourth-order valence-electron chi connectivity index (χ4n) is 2.86. The Hall–Kier alpha value is 0. The number of rotatable bonds is 3. The Labute approximate surface area is 77.7 Å². The van der Waals surface area contributed by atoms with Gasteiger partial charge in [-0.25, -0.2) is 0 Å². The predicted octanol–water partition coefficient (Wildman–Crippen LogP) is 4.25. The van der Waals surface area contributed by atoms with Crippen LogP contribution in [0.25, 0.3) is 0 Å². The fraction of sp³-hybridized carbons (Fsp3) is 1.00. The SMILES string of the molecule is CCC(CC)[C@H]1CCCC(C)C1. The van der Waals surface area contributed by atoms with Gasteiger partial charge in [0.05, 0.1) is 0 Å². The molecule has 2 atom stereocenters. The number of hydrogen-bond acceptors (Lipinski definition) is 0. The van der Waals surface area contributed by atoms with E-state index in [1.165, 1.54) is 38.5 Å². The zero-order valence-corrected chi connectivity index (χ0v) is 8.97. The molecule has 0 radical (unpaired) electrons. The maximum atomic E-state index is 2.43. The Morgan fingerprint density at radius 3 is 2.33 bits per heavy atom. The third-order valence-electron chi connectivity index (χ3n) is 3.69. The summed E-state index contributed by atoms with van der Waals surface area (Å²) in [5.74, 6) is 3.08. The van der Waals surface area contributed by atoms with Crippen molar-refractivity contribution in [2.75, 3.05) is 0 Å². The van der Waals surface area contributed by atoms with Crippen molar-refractivity contribution in [3.05, 3.63) is 0 Å². The molecule has 0 bridgehead atoms. The van der Waals surface area contributed by atoms with Crippen LogP contribution in [0.2, 0.25) is 0 Å². The van der Waals surface area contributed by atoms with Crippen LogP contribution in [0.5, 0.6) is 0 Å². The van der Waals surface area contributed by atoms with Crippen molar-refractivity contribution < 1.29 is 0 Å². The zero-order chi connectivity index (χ0) is 8.97. The van der Waals surface area contributed by atoms with Gasteiger partial charge in [-0.15, -0.1) is 0 Å². The van der Waals surface area contributed by atoms with Crippen molar-refractivity contribution in [2.24, 2.45) is 17.8 Å². The van der Waals surface area contributed by atoms with Gasteiger partial charge in [-0.1, -0.05) is 52.9 Å². The second-order valence-corrected chi connectivity index (χ2v) is 4.61. The fourth-order valence-corrected chi connectivity index (χ4v) is 2.86. The summed E-state index contributed by atoms with van der Waals surface area (Å²) in [6.45, 7) is 7.13. The summed E-state index contributed by atoms with van der Waals surface area (Å²) in [6.07, 6.45) is 8.78. The van der Waals surface area contributed by atoms with E-state index in [9.17, 15) is 0 Å². The van der Waals surface area contributed by atoms with Gasteiger partial charge in [0.2, 0.25) is 0 Å². The molecule has 0 spiro atoms. The molecule has 0 heterocycles. The van der Waals surface area contributed by atoms with E-state index in [0.29, 0.717) is 0 Å². The van der Waals surface area contributed by atoms with Crippen LogP contribution in [0.4, 0.5) is 0 Å². The summed E-state index contributed by atoms with van der Waals surface area (Å²) < 4.78 is 0. The minimum atomic E-state index is 1.00. The van der Waals surface area contributed by atoms with Crippen molar-refractivity contribution in [3.63, 3.8) is 0 Å². The lowest BCUT2D eigenvalue weighted by atomic mass is 9.74. The first kappa shape index (κ1) is 10.1.